The van der Waals surface area contributed by atoms with Gasteiger partial charge in [0, 0.05) is 36.0 Å². The second-order valence-corrected chi connectivity index (χ2v) is 35.3. The van der Waals surface area contributed by atoms with Crippen LogP contribution in [0.3, 0.4) is 0 Å². The van der Waals surface area contributed by atoms with E-state index in [4.69, 9.17) is 0 Å². The van der Waals surface area contributed by atoms with Crippen molar-refractivity contribution in [2.24, 2.45) is 67.8 Å². The predicted octanol–water partition coefficient (Wildman–Crippen LogP) is 0.268. The Bertz CT molecular complexity index is 2760. The highest BCUT2D eigenvalue weighted by Crippen LogP contribution is 2.56. The molecule has 2 saturated heterocycles. The van der Waals surface area contributed by atoms with E-state index in [1.165, 1.54) is 0 Å². The number of aliphatic carboxylic acids is 4. The molecule has 42 heteroatoms. The number of azo groups is 2. The number of nitrogens with zero attached hydrogens (tertiary/aromatic N) is 4. The summed E-state index contributed by atoms with van der Waals surface area (Å²) < 4.78 is 138. The maximum absolute atomic E-state index is 13.0. The summed E-state index contributed by atoms with van der Waals surface area (Å²) in [5.41, 5.74) is 0. The molecule has 24 atom stereocenters. The van der Waals surface area contributed by atoms with Crippen molar-refractivity contribution < 1.29 is 103 Å². The van der Waals surface area contributed by atoms with Gasteiger partial charge in [0.05, 0.1) is 90.7 Å². The summed E-state index contributed by atoms with van der Waals surface area (Å²) in [5.74, 6) is -12.6. The van der Waals surface area contributed by atoms with Gasteiger partial charge in [-0.05, 0) is 141 Å². The molecule has 564 valence electrons. The highest BCUT2D eigenvalue weighted by Gasteiger charge is 2.59. The van der Waals surface area contributed by atoms with E-state index in [-0.39, 0.29) is 89.1 Å². The standard InChI is InChI=1S/C56H104N16O22S4/c1-3-5-11-57-51-63-53(67-55(65-51)61-37-23-35(95(83,84)85)19-25-21-39(97(89,90)91)43(45(73)41(25)37)71-69-33-15-27(47(75)76)13-28(16-33)48(77)78)59-31-7-9-32(10-8-31)60-54-64-52(58-12-6-4-2)66-56(68-54)62-38-24-36(96(86,87)88)20-26-22-40(98(92,93)94)44(46(74)42(26)38)72-70-34-17-29(49(79)80)14-30(18-34)50(81)82/h25-46,51-68,73-74,89-94H,3-24H2,1-2H3,(H,75,76)(H,77,78)(H,79,80)(H,81,82)(H,83,84,85)(H,86,87,88). The van der Waals surface area contributed by atoms with E-state index in [9.17, 15) is 103 Å². The summed E-state index contributed by atoms with van der Waals surface area (Å²) in [6.07, 6.45) is -3.25. The number of aliphatic hydroxyl groups excluding tert-OH is 2. The largest absolute Gasteiger partial charge is 0.481 e. The lowest BCUT2D eigenvalue weighted by atomic mass is 9.65. The number of carboxylic acids is 4. The molecule has 7 saturated carbocycles. The zero-order chi connectivity index (χ0) is 71.3. The third-order valence-corrected chi connectivity index (χ3v) is 26.7. The van der Waals surface area contributed by atoms with E-state index >= 15 is 0 Å². The number of hydrogen-bond acceptors (Lipinski definition) is 32. The first-order valence-electron chi connectivity index (χ1n) is 34.1. The van der Waals surface area contributed by atoms with Gasteiger partial charge in [0.1, 0.15) is 49.8 Å². The summed E-state index contributed by atoms with van der Waals surface area (Å²) in [5, 5.41) is 117. The van der Waals surface area contributed by atoms with Gasteiger partial charge >= 0.3 is 23.9 Å². The molecule has 0 radical (unpaired) electrons. The van der Waals surface area contributed by atoms with Crippen LogP contribution in [0.15, 0.2) is 20.5 Å². The Labute approximate surface area is 572 Å². The average Bonchev–Trinajstić information content (AvgIpc) is 0.753. The molecule has 24 unspecified atom stereocenters. The summed E-state index contributed by atoms with van der Waals surface area (Å²) in [4.78, 5) is 48.1. The molecule has 2 aliphatic heterocycles. The molecule has 9 fully saturated rings. The maximum atomic E-state index is 13.0. The lowest BCUT2D eigenvalue weighted by molar-refractivity contribution is -0.150. The van der Waals surface area contributed by atoms with E-state index in [0.717, 1.165) is 25.7 Å². The molecule has 0 aromatic carbocycles. The van der Waals surface area contributed by atoms with Crippen molar-refractivity contribution in [2.75, 3.05) is 13.1 Å². The number of aliphatic hydroxyl groups is 2. The van der Waals surface area contributed by atoms with Gasteiger partial charge in [-0.3, -0.25) is 92.1 Å². The number of nitrogens with one attached hydrogen (secondary N) is 12. The van der Waals surface area contributed by atoms with Gasteiger partial charge in [-0.15, -0.1) is 0 Å². The molecule has 9 rings (SSSR count). The zero-order valence-electron chi connectivity index (χ0n) is 54.7. The molecule has 26 N–H and O–H groups in total. The topological polar surface area (TPSA) is 614 Å². The van der Waals surface area contributed by atoms with Crippen LogP contribution in [-0.4, -0.2) is 240 Å². The minimum absolute atomic E-state index is 0.0786. The van der Waals surface area contributed by atoms with Gasteiger partial charge < -0.3 is 58.0 Å². The SMILES string of the molecule is CCCCNC1NC(NC2CCC(NC3NC(NCCCC)NC(NC4CC(S(=O)(=O)O)CC5CC(S(O)(O)O)C(N=NC6CC(C(=O)O)CC(C(=O)O)C6)C(O)C54)N3)CC2)NC(NC2CC(S(=O)(=O)O)CC3CC(S(O)(O)O)C(N=NC4CC(C(=O)O)CC(C(=O)O)C4)C(O)C32)N1. The number of carboxylic acid groups (broad SMARTS) is 4. The quantitative estimate of drug-likeness (QED) is 0.0284. The van der Waals surface area contributed by atoms with Crippen LogP contribution in [0.1, 0.15) is 142 Å². The molecule has 0 aromatic heterocycles. The van der Waals surface area contributed by atoms with Crippen LogP contribution in [0.4, 0.5) is 0 Å². The minimum Gasteiger partial charge on any atom is -0.481 e. The van der Waals surface area contributed by atoms with Crippen LogP contribution in [0.5, 0.6) is 0 Å². The van der Waals surface area contributed by atoms with Crippen LogP contribution < -0.4 is 63.8 Å². The Morgan fingerprint density at radius 3 is 1.00 bits per heavy atom. The molecule has 0 spiro atoms. The highest BCUT2D eigenvalue weighted by molar-refractivity contribution is 8.20. The van der Waals surface area contributed by atoms with E-state index in [1.54, 1.807) is 0 Å². The molecule has 0 amide bonds. The highest BCUT2D eigenvalue weighted by atomic mass is 32.3. The van der Waals surface area contributed by atoms with Crippen molar-refractivity contribution in [1.82, 2.24) is 63.8 Å². The van der Waals surface area contributed by atoms with Gasteiger partial charge in [0.15, 0.2) is 0 Å². The molecule has 9 aliphatic rings. The summed E-state index contributed by atoms with van der Waals surface area (Å²) >= 11 is 0. The van der Waals surface area contributed by atoms with Gasteiger partial charge in [-0.1, -0.05) is 26.7 Å². The third kappa shape index (κ3) is 20.6. The molecule has 38 nitrogen and oxygen atoms in total. The van der Waals surface area contributed by atoms with Gasteiger partial charge in [0.25, 0.3) is 20.2 Å². The van der Waals surface area contributed by atoms with Crippen molar-refractivity contribution in [3.05, 3.63) is 0 Å². The normalized spacial score (nSPS) is 42.0. The van der Waals surface area contributed by atoms with Crippen molar-refractivity contribution in [2.45, 2.75) is 262 Å². The van der Waals surface area contributed by atoms with Crippen LogP contribution in [0.25, 0.3) is 0 Å². The first kappa shape index (κ1) is 78.9. The van der Waals surface area contributed by atoms with Crippen LogP contribution in [0.2, 0.25) is 0 Å². The number of carbonyl (C=O) groups is 4. The molecular formula is C56H104N16O22S4. The number of unbranched alkanes of at least 4 members (excludes halogenated alkanes) is 2. The van der Waals surface area contributed by atoms with Crippen molar-refractivity contribution >= 4 is 65.9 Å². The van der Waals surface area contributed by atoms with Crippen molar-refractivity contribution in [3.8, 4) is 0 Å². The fraction of sp³-hybridized carbons (Fsp3) is 0.929. The fourth-order valence-electron chi connectivity index (χ4n) is 16.8. The summed E-state index contributed by atoms with van der Waals surface area (Å²) in [6.45, 7) is 5.25. The molecule has 0 bridgehead atoms. The van der Waals surface area contributed by atoms with Crippen LogP contribution in [-0.2, 0) is 39.4 Å². The number of hydrogen-bond donors (Lipinski definition) is 26. The average molecular weight is 1480 g/mol. The van der Waals surface area contributed by atoms with Crippen LogP contribution in [0, 0.1) is 47.3 Å². The Hall–Kier alpha value is -3.20. The lowest BCUT2D eigenvalue weighted by Gasteiger charge is -2.53. The molecule has 0 aromatic rings. The van der Waals surface area contributed by atoms with E-state index in [1.807, 2.05) is 13.8 Å². The molecule has 98 heavy (non-hydrogen) atoms. The molecular weight excluding hydrogens is 1380 g/mol. The second-order valence-electron chi connectivity index (χ2n) is 28.5. The fourth-order valence-corrected chi connectivity index (χ4v) is 20.9. The van der Waals surface area contributed by atoms with Gasteiger partial charge in [-0.25, -0.2) is 0 Å². The monoisotopic (exact) mass is 1480 g/mol. The maximum Gasteiger partial charge on any atom is 0.306 e. The zero-order valence-corrected chi connectivity index (χ0v) is 57.9. The second kappa shape index (κ2) is 33.7. The van der Waals surface area contributed by atoms with Crippen LogP contribution >= 0.6 is 21.7 Å². The van der Waals surface area contributed by atoms with Crippen molar-refractivity contribution in [3.63, 3.8) is 0 Å². The van der Waals surface area contributed by atoms with Gasteiger partial charge in [-0.2, -0.15) is 37.3 Å². The number of rotatable bonds is 28. The van der Waals surface area contributed by atoms with E-state index < -0.39 is 220 Å². The third-order valence-electron chi connectivity index (χ3n) is 21.7. The first-order chi connectivity index (χ1) is 46.1. The molecule has 2 heterocycles. The minimum atomic E-state index is -4.72. The lowest BCUT2D eigenvalue weighted by Crippen LogP contribution is -2.79. The first-order valence-corrected chi connectivity index (χ1v) is 40.3. The summed E-state index contributed by atoms with van der Waals surface area (Å²) in [6, 6.07) is -6.93. The Balaban J connectivity index is 0.873. The Kier molecular flexibility index (Phi) is 27.1. The number of fused-ring (bicyclic) bond motifs is 2. The van der Waals surface area contributed by atoms with E-state index in [2.05, 4.69) is 84.3 Å². The Morgan fingerprint density at radius 1 is 0.408 bits per heavy atom. The van der Waals surface area contributed by atoms with Crippen molar-refractivity contribution in [1.29, 1.82) is 0 Å². The molecule has 7 aliphatic carbocycles. The van der Waals surface area contributed by atoms with Gasteiger partial charge in [0.2, 0.25) is 0 Å². The summed E-state index contributed by atoms with van der Waals surface area (Å²) in [7, 11) is -18.5. The smallest absolute Gasteiger partial charge is 0.306 e. The van der Waals surface area contributed by atoms with E-state index in [0.29, 0.717) is 38.8 Å². The Morgan fingerprint density at radius 2 is 0.714 bits per heavy atom. The predicted molar refractivity (Wildman–Crippen MR) is 353 cm³/mol.